The number of nitriles is 1. The fourth-order valence-electron chi connectivity index (χ4n) is 5.23. The third-order valence-electron chi connectivity index (χ3n) is 7.24. The summed E-state index contributed by atoms with van der Waals surface area (Å²) in [6, 6.07) is 12.2. The molecule has 192 valence electrons. The average molecular weight is 500 g/mol. The normalized spacial score (nSPS) is 20.1. The molecule has 2 N–H and O–H groups in total. The van der Waals surface area contributed by atoms with Crippen LogP contribution in [0.3, 0.4) is 0 Å². The Hall–Kier alpha value is -3.80. The molecule has 1 saturated carbocycles. The van der Waals surface area contributed by atoms with Gasteiger partial charge in [0.05, 0.1) is 49.2 Å². The van der Waals surface area contributed by atoms with Crippen LogP contribution in [-0.4, -0.2) is 48.8 Å². The number of allylic oxidation sites excluding steroid dienone is 2. The van der Waals surface area contributed by atoms with Crippen LogP contribution in [0.25, 0.3) is 12.2 Å². The van der Waals surface area contributed by atoms with E-state index < -0.39 is 5.41 Å². The van der Waals surface area contributed by atoms with Crippen molar-refractivity contribution in [3.05, 3.63) is 80.9 Å². The molecule has 1 aromatic carbocycles. The van der Waals surface area contributed by atoms with Gasteiger partial charge in [-0.15, -0.1) is 0 Å². The summed E-state index contributed by atoms with van der Waals surface area (Å²) in [7, 11) is 0. The fraction of sp³-hybridized carbons (Fsp3) is 0.379. The highest BCUT2D eigenvalue weighted by atomic mass is 16.3. The molecule has 0 saturated heterocycles. The average Bonchev–Trinajstić information content (AvgIpc) is 3.31. The van der Waals surface area contributed by atoms with Crippen molar-refractivity contribution >= 4 is 17.9 Å². The van der Waals surface area contributed by atoms with Gasteiger partial charge in [0, 0.05) is 33.7 Å². The second-order valence-corrected chi connectivity index (χ2v) is 9.64. The van der Waals surface area contributed by atoms with Crippen molar-refractivity contribution in [2.45, 2.75) is 59.0 Å². The smallest absolute Gasteiger partial charge is 0.185 e. The molecule has 4 rings (SSSR count). The first kappa shape index (κ1) is 26.3. The molecule has 37 heavy (non-hydrogen) atoms. The second kappa shape index (κ2) is 10.7. The Labute approximate surface area is 217 Å². The highest BCUT2D eigenvalue weighted by molar-refractivity contribution is 6.15. The number of hydrogen-bond donors (Lipinski definition) is 2. The van der Waals surface area contributed by atoms with Crippen LogP contribution in [0.15, 0.2) is 41.5 Å². The Morgan fingerprint density at radius 2 is 1.35 bits per heavy atom. The second-order valence-electron chi connectivity index (χ2n) is 9.64. The maximum atomic E-state index is 13.9. The molecule has 1 aliphatic rings. The van der Waals surface area contributed by atoms with E-state index in [1.54, 1.807) is 9.36 Å². The number of hydrogen-bond acceptors (Lipinski definition) is 6. The zero-order chi connectivity index (χ0) is 26.7. The number of aliphatic hydroxyl groups excluding tert-OH is 2. The molecule has 0 amide bonds. The van der Waals surface area contributed by atoms with Crippen molar-refractivity contribution in [3.8, 4) is 6.07 Å². The van der Waals surface area contributed by atoms with Crippen molar-refractivity contribution in [2.24, 2.45) is 0 Å². The van der Waals surface area contributed by atoms with Gasteiger partial charge in [-0.2, -0.15) is 15.5 Å². The lowest BCUT2D eigenvalue weighted by Crippen LogP contribution is -2.33. The van der Waals surface area contributed by atoms with Crippen LogP contribution >= 0.6 is 0 Å². The van der Waals surface area contributed by atoms with Gasteiger partial charge in [0.25, 0.3) is 0 Å². The molecule has 0 aliphatic heterocycles. The summed E-state index contributed by atoms with van der Waals surface area (Å²) < 4.78 is 3.48. The van der Waals surface area contributed by atoms with Gasteiger partial charge in [-0.3, -0.25) is 14.2 Å². The van der Waals surface area contributed by atoms with E-state index in [-0.39, 0.29) is 31.8 Å². The number of aromatic nitrogens is 4. The monoisotopic (exact) mass is 499 g/mol. The maximum absolute atomic E-state index is 13.9. The van der Waals surface area contributed by atoms with Gasteiger partial charge in [-0.25, -0.2) is 0 Å². The summed E-state index contributed by atoms with van der Waals surface area (Å²) in [4.78, 5) is 13.9. The van der Waals surface area contributed by atoms with E-state index in [4.69, 9.17) is 0 Å². The highest BCUT2D eigenvalue weighted by Gasteiger charge is 2.42. The van der Waals surface area contributed by atoms with E-state index >= 15 is 0 Å². The molecular weight excluding hydrogens is 466 g/mol. The first-order valence-electron chi connectivity index (χ1n) is 12.5. The molecule has 2 heterocycles. The Kier molecular flexibility index (Phi) is 7.58. The van der Waals surface area contributed by atoms with Gasteiger partial charge >= 0.3 is 0 Å². The molecule has 8 heteroatoms. The van der Waals surface area contributed by atoms with Gasteiger partial charge < -0.3 is 10.2 Å². The van der Waals surface area contributed by atoms with Crippen LogP contribution in [0, 0.1) is 39.0 Å². The van der Waals surface area contributed by atoms with Gasteiger partial charge in [0.15, 0.2) is 5.78 Å². The van der Waals surface area contributed by atoms with Gasteiger partial charge in [-0.1, -0.05) is 30.3 Å². The van der Waals surface area contributed by atoms with E-state index in [0.717, 1.165) is 39.5 Å². The predicted molar refractivity (Wildman–Crippen MR) is 142 cm³/mol. The quantitative estimate of drug-likeness (QED) is 0.480. The predicted octanol–water partition coefficient (Wildman–Crippen LogP) is 3.59. The number of benzene rings is 1. The largest absolute Gasteiger partial charge is 0.394 e. The first-order chi connectivity index (χ1) is 17.7. The number of carbonyl (C=O) groups is 1. The SMILES string of the molecule is Cc1nn(CCO)c(C)c1/C=C1\CC(C#N)(c2ccccc2)C/C(=C\c2c(C)nn(CCO)c2C)C1=O. The van der Waals surface area contributed by atoms with Crippen LogP contribution in [-0.2, 0) is 23.3 Å². The van der Waals surface area contributed by atoms with Gasteiger partial charge in [0.1, 0.15) is 0 Å². The number of Topliss-reactive ketones (excluding diaryl/α,β-unsaturated/α-hetero) is 1. The van der Waals surface area contributed by atoms with Crippen LogP contribution in [0.5, 0.6) is 0 Å². The Balaban J connectivity index is 1.89. The molecule has 1 fully saturated rings. The standard InChI is InChI=1S/C29H33N5O3/c1-19-26(21(3)33(31-19)10-12-35)14-23-16-29(18-30,25-8-6-5-7-9-25)17-24(28(23)37)15-27-20(2)32-34(11-13-36)22(27)4/h5-9,14-15,35-36H,10-13,16-17H2,1-4H3/b23-14+,24-15+. The summed E-state index contributed by atoms with van der Waals surface area (Å²) in [5, 5.41) is 38.4. The van der Waals surface area contributed by atoms with E-state index in [9.17, 15) is 20.3 Å². The molecule has 3 aromatic rings. The molecule has 2 aromatic heterocycles. The number of nitrogens with zero attached hydrogens (tertiary/aromatic N) is 5. The van der Waals surface area contributed by atoms with Crippen LogP contribution < -0.4 is 0 Å². The summed E-state index contributed by atoms with van der Waals surface area (Å²) in [5.41, 5.74) is 6.00. The minimum Gasteiger partial charge on any atom is -0.394 e. The molecule has 0 spiro atoms. The van der Waals surface area contributed by atoms with E-state index in [1.807, 2.05) is 70.2 Å². The summed E-state index contributed by atoms with van der Waals surface area (Å²) in [6.07, 6.45) is 4.31. The van der Waals surface area contributed by atoms with Gasteiger partial charge in [-0.05, 0) is 58.3 Å². The molecule has 1 aliphatic carbocycles. The lowest BCUT2D eigenvalue weighted by atomic mass is 9.66. The third kappa shape index (κ3) is 4.93. The summed E-state index contributed by atoms with van der Waals surface area (Å²) in [5.74, 6) is -0.0933. The minimum absolute atomic E-state index is 0.0298. The van der Waals surface area contributed by atoms with Crippen molar-refractivity contribution in [1.82, 2.24) is 19.6 Å². The highest BCUT2D eigenvalue weighted by Crippen LogP contribution is 2.44. The Morgan fingerprint density at radius 1 is 0.892 bits per heavy atom. The number of rotatable bonds is 7. The fourth-order valence-corrected chi connectivity index (χ4v) is 5.23. The molecule has 0 atom stereocenters. The molecule has 0 radical (unpaired) electrons. The van der Waals surface area contributed by atoms with Crippen LogP contribution in [0.1, 0.15) is 52.3 Å². The topological polar surface area (TPSA) is 117 Å². The van der Waals surface area contributed by atoms with E-state index in [1.165, 1.54) is 0 Å². The minimum atomic E-state index is -0.904. The summed E-state index contributed by atoms with van der Waals surface area (Å²) in [6.45, 7) is 8.29. The van der Waals surface area contributed by atoms with E-state index in [2.05, 4.69) is 16.3 Å². The number of aryl methyl sites for hydroxylation is 2. The number of ketones is 1. The first-order valence-corrected chi connectivity index (χ1v) is 12.5. The van der Waals surface area contributed by atoms with Crippen molar-refractivity contribution in [3.63, 3.8) is 0 Å². The lowest BCUT2D eigenvalue weighted by molar-refractivity contribution is -0.113. The number of carbonyl (C=O) groups excluding carboxylic acids is 1. The molecule has 0 bridgehead atoms. The molecule has 0 unspecified atom stereocenters. The van der Waals surface area contributed by atoms with Gasteiger partial charge in [0.2, 0.25) is 0 Å². The van der Waals surface area contributed by atoms with Crippen molar-refractivity contribution in [1.29, 1.82) is 5.26 Å². The maximum Gasteiger partial charge on any atom is 0.185 e. The zero-order valence-corrected chi connectivity index (χ0v) is 21.8. The lowest BCUT2D eigenvalue weighted by Gasteiger charge is -2.33. The van der Waals surface area contributed by atoms with Crippen LogP contribution in [0.4, 0.5) is 0 Å². The third-order valence-corrected chi connectivity index (χ3v) is 7.24. The van der Waals surface area contributed by atoms with Crippen LogP contribution in [0.2, 0.25) is 0 Å². The Morgan fingerprint density at radius 3 is 1.76 bits per heavy atom. The molecular formula is C29H33N5O3. The Bertz CT molecular complexity index is 1340. The van der Waals surface area contributed by atoms with Crippen molar-refractivity contribution < 1.29 is 15.0 Å². The number of aliphatic hydroxyl groups is 2. The zero-order valence-electron chi connectivity index (χ0n) is 21.8. The van der Waals surface area contributed by atoms with E-state index in [0.29, 0.717) is 24.2 Å². The molecule has 8 nitrogen and oxygen atoms in total. The summed E-state index contributed by atoms with van der Waals surface area (Å²) >= 11 is 0. The van der Waals surface area contributed by atoms with Crippen molar-refractivity contribution in [2.75, 3.05) is 13.2 Å².